The van der Waals surface area contributed by atoms with Crippen LogP contribution < -0.4 is 0 Å². The van der Waals surface area contributed by atoms with Gasteiger partial charge in [-0.15, -0.1) is 0 Å². The van der Waals surface area contributed by atoms with Gasteiger partial charge in [-0.3, -0.25) is 9.36 Å². The Bertz CT molecular complexity index is 610. The molecule has 1 N–H and O–H groups in total. The zero-order chi connectivity index (χ0) is 14.0. The van der Waals surface area contributed by atoms with E-state index in [4.69, 9.17) is 28.3 Å². The van der Waals surface area contributed by atoms with Crippen LogP contribution >= 0.6 is 50.9 Å². The molecule has 1 heterocycles. The number of carboxylic acid groups (broad SMARTS) is 1. The quantitative estimate of drug-likeness (QED) is 0.809. The molecule has 4 nitrogen and oxygen atoms in total. The first-order valence-electron chi connectivity index (χ1n) is 5.02. The molecular formula is C11H7BrCl2N2O2S. The normalized spacial score (nSPS) is 10.7. The van der Waals surface area contributed by atoms with E-state index >= 15 is 0 Å². The summed E-state index contributed by atoms with van der Waals surface area (Å²) in [6.07, 6.45) is 3.25. The second-order valence-electron chi connectivity index (χ2n) is 3.48. The van der Waals surface area contributed by atoms with Crippen LogP contribution in [-0.2, 0) is 4.79 Å². The Morgan fingerprint density at radius 1 is 1.42 bits per heavy atom. The standard InChI is InChI=1S/C11H7BrCl2N2O2S/c12-6-3-7(13)10(8(14)4-6)16-2-1-15-11(16)19-5-9(17)18/h1-4H,5H2,(H,17,18). The highest BCUT2D eigenvalue weighted by molar-refractivity contribution is 9.10. The summed E-state index contributed by atoms with van der Waals surface area (Å²) in [6.45, 7) is 0. The molecule has 0 atom stereocenters. The Morgan fingerprint density at radius 2 is 2.05 bits per heavy atom. The fraction of sp³-hybridized carbons (Fsp3) is 0.0909. The number of carboxylic acids is 1. The summed E-state index contributed by atoms with van der Waals surface area (Å²) >= 11 is 16.7. The van der Waals surface area contributed by atoms with Crippen LogP contribution in [0.5, 0.6) is 0 Å². The molecule has 0 aliphatic carbocycles. The molecule has 2 aromatic rings. The minimum Gasteiger partial charge on any atom is -0.481 e. The third-order valence-electron chi connectivity index (χ3n) is 2.15. The van der Waals surface area contributed by atoms with Gasteiger partial charge >= 0.3 is 5.97 Å². The van der Waals surface area contributed by atoms with Crippen molar-refractivity contribution in [2.24, 2.45) is 0 Å². The Morgan fingerprint density at radius 3 is 2.63 bits per heavy atom. The van der Waals surface area contributed by atoms with Crippen molar-refractivity contribution < 1.29 is 9.90 Å². The van der Waals surface area contributed by atoms with Crippen molar-refractivity contribution in [2.45, 2.75) is 5.16 Å². The number of halogens is 3. The van der Waals surface area contributed by atoms with E-state index in [1.807, 2.05) is 0 Å². The average molecular weight is 382 g/mol. The first-order chi connectivity index (χ1) is 8.99. The molecule has 0 fully saturated rings. The first kappa shape index (κ1) is 14.7. The van der Waals surface area contributed by atoms with E-state index in [9.17, 15) is 4.79 Å². The molecule has 0 spiro atoms. The van der Waals surface area contributed by atoms with E-state index in [2.05, 4.69) is 20.9 Å². The molecule has 0 unspecified atom stereocenters. The van der Waals surface area contributed by atoms with Gasteiger partial charge in [0.25, 0.3) is 0 Å². The summed E-state index contributed by atoms with van der Waals surface area (Å²) in [5.74, 6) is -0.990. The molecule has 1 aromatic carbocycles. The summed E-state index contributed by atoms with van der Waals surface area (Å²) < 4.78 is 2.44. The Labute approximate surface area is 131 Å². The highest BCUT2D eigenvalue weighted by Gasteiger charge is 2.14. The van der Waals surface area contributed by atoms with Gasteiger partial charge in [-0.2, -0.15) is 0 Å². The summed E-state index contributed by atoms with van der Waals surface area (Å²) in [6, 6.07) is 3.43. The van der Waals surface area contributed by atoms with Gasteiger partial charge in [0.05, 0.1) is 21.5 Å². The second-order valence-corrected chi connectivity index (χ2v) is 6.15. The molecule has 0 saturated heterocycles. The van der Waals surface area contributed by atoms with E-state index in [-0.39, 0.29) is 5.75 Å². The maximum Gasteiger partial charge on any atom is 0.313 e. The number of aliphatic carboxylic acids is 1. The predicted molar refractivity (Wildman–Crippen MR) is 79.6 cm³/mol. The van der Waals surface area contributed by atoms with Crippen molar-refractivity contribution in [3.8, 4) is 5.69 Å². The minimum absolute atomic E-state index is 0.0806. The monoisotopic (exact) mass is 380 g/mol. The molecule has 0 saturated carbocycles. The molecule has 2 rings (SSSR count). The lowest BCUT2D eigenvalue weighted by Gasteiger charge is -2.11. The molecule has 0 aliphatic rings. The van der Waals surface area contributed by atoms with Gasteiger partial charge in [0, 0.05) is 16.9 Å². The Hall–Kier alpha value is -0.690. The van der Waals surface area contributed by atoms with Crippen LogP contribution in [0.4, 0.5) is 0 Å². The largest absolute Gasteiger partial charge is 0.481 e. The molecule has 0 radical (unpaired) electrons. The van der Waals surface area contributed by atoms with Gasteiger partial charge in [0.15, 0.2) is 5.16 Å². The zero-order valence-corrected chi connectivity index (χ0v) is 13.2. The molecule has 8 heteroatoms. The number of rotatable bonds is 4. The van der Waals surface area contributed by atoms with Gasteiger partial charge in [0.2, 0.25) is 0 Å². The van der Waals surface area contributed by atoms with Crippen LogP contribution in [-0.4, -0.2) is 26.4 Å². The lowest BCUT2D eigenvalue weighted by molar-refractivity contribution is -0.133. The second kappa shape index (κ2) is 6.17. The van der Waals surface area contributed by atoms with Crippen molar-refractivity contribution in [1.82, 2.24) is 9.55 Å². The van der Waals surface area contributed by atoms with Crippen LogP contribution in [0.3, 0.4) is 0 Å². The van der Waals surface area contributed by atoms with Gasteiger partial charge in [-0.05, 0) is 12.1 Å². The maximum atomic E-state index is 10.6. The summed E-state index contributed by atoms with van der Waals surface area (Å²) in [5, 5.41) is 10.1. The third-order valence-corrected chi connectivity index (χ3v) is 4.14. The van der Waals surface area contributed by atoms with Gasteiger partial charge in [-0.1, -0.05) is 50.9 Å². The molecule has 1 aromatic heterocycles. The van der Waals surface area contributed by atoms with E-state index in [1.54, 1.807) is 29.1 Å². The van der Waals surface area contributed by atoms with E-state index in [1.165, 1.54) is 0 Å². The highest BCUT2D eigenvalue weighted by Crippen LogP contribution is 2.34. The highest BCUT2D eigenvalue weighted by atomic mass is 79.9. The number of aromatic nitrogens is 2. The smallest absolute Gasteiger partial charge is 0.313 e. The number of carbonyl (C=O) groups is 1. The van der Waals surface area contributed by atoms with Crippen molar-refractivity contribution in [3.05, 3.63) is 39.0 Å². The molecular weight excluding hydrogens is 375 g/mol. The number of nitrogens with zero attached hydrogens (tertiary/aromatic N) is 2. The fourth-order valence-electron chi connectivity index (χ4n) is 1.46. The summed E-state index contributed by atoms with van der Waals surface area (Å²) in [5.41, 5.74) is 0.580. The van der Waals surface area contributed by atoms with Crippen LogP contribution in [0, 0.1) is 0 Å². The molecule has 19 heavy (non-hydrogen) atoms. The molecule has 0 aliphatic heterocycles. The summed E-state index contributed by atoms with van der Waals surface area (Å²) in [7, 11) is 0. The van der Waals surface area contributed by atoms with Crippen molar-refractivity contribution >= 4 is 56.9 Å². The van der Waals surface area contributed by atoms with E-state index < -0.39 is 5.97 Å². The van der Waals surface area contributed by atoms with Crippen LogP contribution in [0.15, 0.2) is 34.2 Å². The van der Waals surface area contributed by atoms with Gasteiger partial charge in [-0.25, -0.2) is 4.98 Å². The Balaban J connectivity index is 2.43. The SMILES string of the molecule is O=C(O)CSc1nccn1-c1c(Cl)cc(Br)cc1Cl. The van der Waals surface area contributed by atoms with Crippen molar-refractivity contribution in [1.29, 1.82) is 0 Å². The number of thioether (sulfide) groups is 1. The Kier molecular flexibility index (Phi) is 4.78. The zero-order valence-electron chi connectivity index (χ0n) is 9.31. The third kappa shape index (κ3) is 3.45. The van der Waals surface area contributed by atoms with E-state index in [0.29, 0.717) is 20.9 Å². The molecule has 100 valence electrons. The number of imidazole rings is 1. The van der Waals surface area contributed by atoms with Crippen LogP contribution in [0.1, 0.15) is 0 Å². The topological polar surface area (TPSA) is 55.1 Å². The molecule has 0 bridgehead atoms. The first-order valence-corrected chi connectivity index (χ1v) is 7.55. The molecule has 0 amide bonds. The van der Waals surface area contributed by atoms with Gasteiger partial charge < -0.3 is 5.11 Å². The van der Waals surface area contributed by atoms with Crippen LogP contribution in [0.25, 0.3) is 5.69 Å². The number of hydrogen-bond acceptors (Lipinski definition) is 3. The van der Waals surface area contributed by atoms with Crippen molar-refractivity contribution in [2.75, 3.05) is 5.75 Å². The van der Waals surface area contributed by atoms with Gasteiger partial charge in [0.1, 0.15) is 0 Å². The number of hydrogen-bond donors (Lipinski definition) is 1. The number of benzene rings is 1. The lowest BCUT2D eigenvalue weighted by atomic mass is 10.3. The summed E-state index contributed by atoms with van der Waals surface area (Å²) in [4.78, 5) is 14.7. The lowest BCUT2D eigenvalue weighted by Crippen LogP contribution is -2.02. The van der Waals surface area contributed by atoms with E-state index in [0.717, 1.165) is 16.2 Å². The average Bonchev–Trinajstić information content (AvgIpc) is 2.73. The maximum absolute atomic E-state index is 10.6. The minimum atomic E-state index is -0.910. The van der Waals surface area contributed by atoms with Crippen molar-refractivity contribution in [3.63, 3.8) is 0 Å². The predicted octanol–water partition coefficient (Wildman–Crippen LogP) is 4.12. The van der Waals surface area contributed by atoms with Crippen LogP contribution in [0.2, 0.25) is 10.0 Å². The fourth-order valence-corrected chi connectivity index (χ4v) is 3.53.